The van der Waals surface area contributed by atoms with Crippen LogP contribution < -0.4 is 5.32 Å². The zero-order valence-electron chi connectivity index (χ0n) is 12.5. The highest BCUT2D eigenvalue weighted by Crippen LogP contribution is 2.30. The summed E-state index contributed by atoms with van der Waals surface area (Å²) in [5, 5.41) is 20.9. The van der Waals surface area contributed by atoms with E-state index in [9.17, 15) is 0 Å². The molecule has 0 aliphatic carbocycles. The molecule has 1 aromatic carbocycles. The summed E-state index contributed by atoms with van der Waals surface area (Å²) >= 11 is 9.14. The van der Waals surface area contributed by atoms with Crippen molar-refractivity contribution < 1.29 is 4.42 Å². The Bertz CT molecular complexity index is 789. The largest absolute Gasteiger partial charge is 0.420 e. The summed E-state index contributed by atoms with van der Waals surface area (Å²) in [4.78, 5) is 0. The third-order valence-electron chi connectivity index (χ3n) is 2.71. The van der Waals surface area contributed by atoms with Gasteiger partial charge in [0.15, 0.2) is 4.34 Å². The molecule has 0 unspecified atom stereocenters. The quantitative estimate of drug-likeness (QED) is 0.648. The Morgan fingerprint density at radius 2 is 2.04 bits per heavy atom. The number of hydrogen-bond donors (Lipinski definition) is 1. The van der Waals surface area contributed by atoms with E-state index >= 15 is 0 Å². The summed E-state index contributed by atoms with van der Waals surface area (Å²) in [6.45, 7) is 4.12. The molecule has 1 N–H and O–H groups in total. The summed E-state index contributed by atoms with van der Waals surface area (Å²) in [7, 11) is 0. The number of nitrogens with one attached hydrogen (secondary N) is 1. The molecule has 0 atom stereocenters. The molecule has 2 aromatic heterocycles. The molecular formula is C14H14ClN5OS2. The lowest BCUT2D eigenvalue weighted by molar-refractivity contribution is 0.528. The van der Waals surface area contributed by atoms with Crippen LogP contribution in [0.4, 0.5) is 5.13 Å². The Kier molecular flexibility index (Phi) is 5.14. The lowest BCUT2D eigenvalue weighted by Gasteiger charge is -2.02. The second kappa shape index (κ2) is 7.29. The first-order chi connectivity index (χ1) is 11.1. The van der Waals surface area contributed by atoms with Crippen LogP contribution in [0.2, 0.25) is 5.02 Å². The van der Waals surface area contributed by atoms with Gasteiger partial charge in [-0.2, -0.15) is 0 Å². The van der Waals surface area contributed by atoms with Crippen LogP contribution in [0.1, 0.15) is 19.7 Å². The van der Waals surface area contributed by atoms with Crippen LogP contribution in [0, 0.1) is 0 Å². The van der Waals surface area contributed by atoms with Crippen LogP contribution in [0.5, 0.6) is 0 Å². The normalized spacial score (nSPS) is 11.1. The van der Waals surface area contributed by atoms with Gasteiger partial charge in [-0.3, -0.25) is 0 Å². The zero-order chi connectivity index (χ0) is 16.2. The van der Waals surface area contributed by atoms with Crippen molar-refractivity contribution in [1.29, 1.82) is 0 Å². The third kappa shape index (κ3) is 4.21. The van der Waals surface area contributed by atoms with Gasteiger partial charge < -0.3 is 9.73 Å². The highest BCUT2D eigenvalue weighted by atomic mass is 35.5. The lowest BCUT2D eigenvalue weighted by atomic mass is 10.2. The number of nitrogens with zero attached hydrogens (tertiary/aromatic N) is 4. The smallest absolute Gasteiger partial charge is 0.249 e. The minimum Gasteiger partial charge on any atom is -0.420 e. The fourth-order valence-corrected chi connectivity index (χ4v) is 3.70. The third-order valence-corrected chi connectivity index (χ3v) is 5.01. The van der Waals surface area contributed by atoms with Gasteiger partial charge in [0.25, 0.3) is 0 Å². The van der Waals surface area contributed by atoms with Gasteiger partial charge in [-0.05, 0) is 26.0 Å². The average molecular weight is 368 g/mol. The van der Waals surface area contributed by atoms with Gasteiger partial charge in [-0.15, -0.1) is 20.4 Å². The highest BCUT2D eigenvalue weighted by Gasteiger charge is 2.13. The van der Waals surface area contributed by atoms with E-state index in [1.807, 2.05) is 18.2 Å². The van der Waals surface area contributed by atoms with Crippen molar-refractivity contribution in [3.63, 3.8) is 0 Å². The first-order valence-corrected chi connectivity index (χ1v) is 9.10. The van der Waals surface area contributed by atoms with E-state index in [1.54, 1.807) is 6.07 Å². The number of aromatic nitrogens is 4. The van der Waals surface area contributed by atoms with Gasteiger partial charge in [-0.1, -0.05) is 46.8 Å². The topological polar surface area (TPSA) is 76.7 Å². The standard InChI is InChI=1S/C14H14ClN5OS2/c1-8(2)16-13-19-20-14(23-13)22-7-11-17-18-12(21-11)9-5-3-4-6-10(9)15/h3-6,8H,7H2,1-2H3,(H,16,19). The van der Waals surface area contributed by atoms with Crippen molar-refractivity contribution in [3.8, 4) is 11.5 Å². The number of hydrogen-bond acceptors (Lipinski definition) is 8. The summed E-state index contributed by atoms with van der Waals surface area (Å²) in [5.74, 6) is 1.48. The molecule has 0 spiro atoms. The maximum absolute atomic E-state index is 6.13. The molecule has 0 aliphatic rings. The van der Waals surface area contributed by atoms with E-state index in [4.69, 9.17) is 16.0 Å². The molecule has 6 nitrogen and oxygen atoms in total. The van der Waals surface area contributed by atoms with Gasteiger partial charge in [0.1, 0.15) is 0 Å². The van der Waals surface area contributed by atoms with Crippen LogP contribution in [-0.2, 0) is 5.75 Å². The molecule has 0 bridgehead atoms. The number of halogens is 1. The average Bonchev–Trinajstić information content (AvgIpc) is 3.14. The molecule has 3 aromatic rings. The number of thioether (sulfide) groups is 1. The number of anilines is 1. The SMILES string of the molecule is CC(C)Nc1nnc(SCc2nnc(-c3ccccc3Cl)o2)s1. The molecule has 23 heavy (non-hydrogen) atoms. The van der Waals surface area contributed by atoms with Crippen molar-refractivity contribution in [3.05, 3.63) is 35.2 Å². The van der Waals surface area contributed by atoms with Crippen LogP contribution in [0.3, 0.4) is 0 Å². The van der Waals surface area contributed by atoms with Crippen molar-refractivity contribution in [2.45, 2.75) is 30.0 Å². The molecule has 0 radical (unpaired) electrons. The Hall–Kier alpha value is -1.64. The van der Waals surface area contributed by atoms with E-state index in [0.29, 0.717) is 28.6 Å². The van der Waals surface area contributed by atoms with Gasteiger partial charge in [0.2, 0.25) is 16.9 Å². The van der Waals surface area contributed by atoms with E-state index < -0.39 is 0 Å². The Morgan fingerprint density at radius 3 is 2.83 bits per heavy atom. The molecule has 0 saturated carbocycles. The Labute approximate surface area is 146 Å². The fourth-order valence-electron chi connectivity index (χ4n) is 1.75. The summed E-state index contributed by atoms with van der Waals surface area (Å²) in [5.41, 5.74) is 0.734. The Morgan fingerprint density at radius 1 is 1.22 bits per heavy atom. The van der Waals surface area contributed by atoms with E-state index in [-0.39, 0.29) is 0 Å². The molecule has 0 aliphatic heterocycles. The maximum atomic E-state index is 6.13. The summed E-state index contributed by atoms with van der Waals surface area (Å²) in [6.07, 6.45) is 0. The number of benzene rings is 1. The van der Waals surface area contributed by atoms with Crippen molar-refractivity contribution in [2.24, 2.45) is 0 Å². The number of rotatable bonds is 6. The molecule has 0 amide bonds. The van der Waals surface area contributed by atoms with Crippen molar-refractivity contribution >= 4 is 39.8 Å². The maximum Gasteiger partial charge on any atom is 0.249 e. The molecule has 0 saturated heterocycles. The minimum absolute atomic E-state index is 0.329. The van der Waals surface area contributed by atoms with Crippen molar-refractivity contribution in [1.82, 2.24) is 20.4 Å². The van der Waals surface area contributed by atoms with Gasteiger partial charge in [0, 0.05) is 6.04 Å². The molecule has 0 fully saturated rings. The van der Waals surface area contributed by atoms with E-state index in [1.165, 1.54) is 23.1 Å². The first-order valence-electron chi connectivity index (χ1n) is 6.92. The van der Waals surface area contributed by atoms with E-state index in [2.05, 4.69) is 39.6 Å². The van der Waals surface area contributed by atoms with Gasteiger partial charge in [0.05, 0.1) is 16.3 Å². The van der Waals surface area contributed by atoms with Gasteiger partial charge >= 0.3 is 0 Å². The lowest BCUT2D eigenvalue weighted by Crippen LogP contribution is -2.08. The second-order valence-electron chi connectivity index (χ2n) is 4.94. The minimum atomic E-state index is 0.329. The Balaban J connectivity index is 1.63. The van der Waals surface area contributed by atoms with Crippen molar-refractivity contribution in [2.75, 3.05) is 5.32 Å². The summed E-state index contributed by atoms with van der Waals surface area (Å²) < 4.78 is 6.51. The van der Waals surface area contributed by atoms with Gasteiger partial charge in [-0.25, -0.2) is 0 Å². The summed E-state index contributed by atoms with van der Waals surface area (Å²) in [6, 6.07) is 7.71. The van der Waals surface area contributed by atoms with E-state index in [0.717, 1.165) is 15.0 Å². The first kappa shape index (κ1) is 16.2. The molecule has 2 heterocycles. The zero-order valence-corrected chi connectivity index (χ0v) is 14.9. The predicted molar refractivity (Wildman–Crippen MR) is 93.0 cm³/mol. The van der Waals surface area contributed by atoms with Crippen LogP contribution in [-0.4, -0.2) is 26.4 Å². The van der Waals surface area contributed by atoms with Crippen LogP contribution in [0.25, 0.3) is 11.5 Å². The van der Waals surface area contributed by atoms with Crippen LogP contribution >= 0.6 is 34.7 Å². The molecular weight excluding hydrogens is 354 g/mol. The molecule has 3 rings (SSSR count). The molecule has 120 valence electrons. The highest BCUT2D eigenvalue weighted by molar-refractivity contribution is 8.00. The predicted octanol–water partition coefficient (Wildman–Crippen LogP) is 4.35. The monoisotopic (exact) mass is 367 g/mol. The van der Waals surface area contributed by atoms with Crippen LogP contribution in [0.15, 0.2) is 33.0 Å². The second-order valence-corrected chi connectivity index (χ2v) is 7.55. The molecule has 9 heteroatoms. The fraction of sp³-hybridized carbons (Fsp3) is 0.286.